The summed E-state index contributed by atoms with van der Waals surface area (Å²) < 4.78 is 78.1. The fourth-order valence-electron chi connectivity index (χ4n) is 3.63. The van der Waals surface area contributed by atoms with Gasteiger partial charge in [-0.3, -0.25) is 4.79 Å². The van der Waals surface area contributed by atoms with Crippen LogP contribution in [0.15, 0.2) is 77.8 Å². The molecule has 1 heterocycles. The second-order valence-corrected chi connectivity index (χ2v) is 10.0. The quantitative estimate of drug-likeness (QED) is 0.379. The van der Waals surface area contributed by atoms with Gasteiger partial charge in [-0.1, -0.05) is 42.5 Å². The zero-order valence-corrected chi connectivity index (χ0v) is 19.6. The highest BCUT2D eigenvalue weighted by Crippen LogP contribution is 2.33. The second-order valence-electron chi connectivity index (χ2n) is 8.02. The maximum Gasteiger partial charge on any atom is 0.435 e. The number of aromatic nitrogens is 2. The Morgan fingerprint density at radius 1 is 0.944 bits per heavy atom. The standard InChI is InChI=1S/C25H19F4N3O3S/c1-36(34,35)18-7-9-20(22(26)13-18)17-6-8-19(16-4-2-15(14-30)3-5-16)21(12-17)24(33)32-11-10-23(31-32)25(27,28)29/h2-13H,14,30H2,1H3. The van der Waals surface area contributed by atoms with Gasteiger partial charge in [-0.15, -0.1) is 0 Å². The van der Waals surface area contributed by atoms with Gasteiger partial charge in [0.05, 0.1) is 10.5 Å². The zero-order valence-electron chi connectivity index (χ0n) is 18.8. The number of hydrogen-bond acceptors (Lipinski definition) is 5. The van der Waals surface area contributed by atoms with E-state index in [2.05, 4.69) is 5.10 Å². The third-order valence-electron chi connectivity index (χ3n) is 5.52. The van der Waals surface area contributed by atoms with Gasteiger partial charge in [0, 0.05) is 24.6 Å². The van der Waals surface area contributed by atoms with Crippen molar-refractivity contribution < 1.29 is 30.8 Å². The van der Waals surface area contributed by atoms with E-state index in [1.54, 1.807) is 24.3 Å². The summed E-state index contributed by atoms with van der Waals surface area (Å²) in [7, 11) is -3.65. The number of alkyl halides is 3. The minimum Gasteiger partial charge on any atom is -0.326 e. The number of nitrogens with zero attached hydrogens (tertiary/aromatic N) is 2. The Labute approximate surface area is 203 Å². The molecule has 11 heteroatoms. The number of halogens is 4. The number of benzene rings is 3. The Bertz CT molecular complexity index is 1560. The summed E-state index contributed by atoms with van der Waals surface area (Å²) in [6.07, 6.45) is -2.89. The molecule has 0 bridgehead atoms. The van der Waals surface area contributed by atoms with Crippen LogP contribution in [-0.2, 0) is 22.6 Å². The molecule has 0 fully saturated rings. The average molecular weight is 518 g/mol. The predicted octanol–water partition coefficient (Wildman–Crippen LogP) is 4.93. The zero-order chi connectivity index (χ0) is 26.3. The van der Waals surface area contributed by atoms with Crippen molar-refractivity contribution in [3.8, 4) is 22.3 Å². The molecule has 0 aliphatic carbocycles. The van der Waals surface area contributed by atoms with E-state index in [0.717, 1.165) is 24.1 Å². The first kappa shape index (κ1) is 25.3. The largest absolute Gasteiger partial charge is 0.435 e. The van der Waals surface area contributed by atoms with Crippen LogP contribution in [0.25, 0.3) is 22.3 Å². The molecular weight excluding hydrogens is 498 g/mol. The maximum absolute atomic E-state index is 14.9. The molecule has 4 rings (SSSR count). The lowest BCUT2D eigenvalue weighted by molar-refractivity contribution is -0.141. The first-order valence-corrected chi connectivity index (χ1v) is 12.4. The summed E-state index contributed by atoms with van der Waals surface area (Å²) in [6.45, 7) is 0.293. The number of rotatable bonds is 5. The first-order chi connectivity index (χ1) is 16.9. The van der Waals surface area contributed by atoms with Crippen molar-refractivity contribution in [1.29, 1.82) is 0 Å². The molecule has 186 valence electrons. The fraction of sp³-hybridized carbons (Fsp3) is 0.120. The van der Waals surface area contributed by atoms with Crippen LogP contribution < -0.4 is 5.73 Å². The molecule has 0 atom stereocenters. The van der Waals surface area contributed by atoms with E-state index < -0.39 is 33.4 Å². The number of nitrogens with two attached hydrogens (primary N) is 1. The molecule has 0 spiro atoms. The van der Waals surface area contributed by atoms with Crippen molar-refractivity contribution in [2.75, 3.05) is 6.26 Å². The Morgan fingerprint density at radius 2 is 1.58 bits per heavy atom. The van der Waals surface area contributed by atoms with Gasteiger partial charge >= 0.3 is 6.18 Å². The summed E-state index contributed by atoms with van der Waals surface area (Å²) in [5, 5.41) is 3.36. The van der Waals surface area contributed by atoms with E-state index in [0.29, 0.717) is 28.4 Å². The van der Waals surface area contributed by atoms with Crippen molar-refractivity contribution in [3.63, 3.8) is 0 Å². The van der Waals surface area contributed by atoms with E-state index in [1.807, 2.05) is 0 Å². The van der Waals surface area contributed by atoms with Crippen molar-refractivity contribution in [2.45, 2.75) is 17.6 Å². The minimum atomic E-state index is -4.74. The van der Waals surface area contributed by atoms with Gasteiger partial charge in [-0.05, 0) is 46.5 Å². The van der Waals surface area contributed by atoms with Crippen LogP contribution >= 0.6 is 0 Å². The Hall–Kier alpha value is -3.83. The van der Waals surface area contributed by atoms with Crippen molar-refractivity contribution in [1.82, 2.24) is 9.78 Å². The SMILES string of the molecule is CS(=O)(=O)c1ccc(-c2ccc(-c3ccc(CN)cc3)c(C(=O)n3ccc(C(F)(F)F)n3)c2)c(F)c1. The molecule has 1 aromatic heterocycles. The van der Waals surface area contributed by atoms with Crippen molar-refractivity contribution in [3.05, 3.63) is 95.6 Å². The van der Waals surface area contributed by atoms with E-state index >= 15 is 0 Å². The number of carbonyl (C=O) groups excluding carboxylic acids is 1. The summed E-state index contributed by atoms with van der Waals surface area (Å²) in [5.41, 5.74) is 6.40. The van der Waals surface area contributed by atoms with E-state index in [1.165, 1.54) is 30.3 Å². The highest BCUT2D eigenvalue weighted by atomic mass is 32.2. The third kappa shape index (κ3) is 5.07. The Morgan fingerprint density at radius 3 is 2.14 bits per heavy atom. The van der Waals surface area contributed by atoms with Crippen LogP contribution in [-0.4, -0.2) is 30.4 Å². The highest BCUT2D eigenvalue weighted by molar-refractivity contribution is 7.90. The average Bonchev–Trinajstić information content (AvgIpc) is 3.34. The monoisotopic (exact) mass is 517 g/mol. The maximum atomic E-state index is 14.9. The summed E-state index contributed by atoms with van der Waals surface area (Å²) in [6, 6.07) is 15.4. The summed E-state index contributed by atoms with van der Waals surface area (Å²) in [5.74, 6) is -1.70. The lowest BCUT2D eigenvalue weighted by atomic mass is 9.94. The topological polar surface area (TPSA) is 95.0 Å². The molecule has 0 radical (unpaired) electrons. The molecule has 0 amide bonds. The molecule has 0 saturated carbocycles. The molecule has 0 aliphatic heterocycles. The van der Waals surface area contributed by atoms with Gasteiger partial charge < -0.3 is 5.73 Å². The van der Waals surface area contributed by atoms with Crippen LogP contribution in [0.5, 0.6) is 0 Å². The molecule has 0 saturated heterocycles. The number of carbonyl (C=O) groups is 1. The Kier molecular flexibility index (Phi) is 6.54. The predicted molar refractivity (Wildman–Crippen MR) is 125 cm³/mol. The normalized spacial score (nSPS) is 12.1. The van der Waals surface area contributed by atoms with Crippen molar-refractivity contribution in [2.24, 2.45) is 5.73 Å². The van der Waals surface area contributed by atoms with E-state index in [-0.39, 0.29) is 21.6 Å². The lowest BCUT2D eigenvalue weighted by Crippen LogP contribution is -2.16. The van der Waals surface area contributed by atoms with Gasteiger partial charge in [-0.25, -0.2) is 17.5 Å². The molecule has 3 aromatic carbocycles. The summed E-state index contributed by atoms with van der Waals surface area (Å²) >= 11 is 0. The van der Waals surface area contributed by atoms with Crippen LogP contribution in [0, 0.1) is 5.82 Å². The van der Waals surface area contributed by atoms with Crippen molar-refractivity contribution >= 4 is 15.7 Å². The minimum absolute atomic E-state index is 0.0120. The molecule has 2 N–H and O–H groups in total. The second kappa shape index (κ2) is 9.32. The van der Waals surface area contributed by atoms with E-state index in [9.17, 15) is 30.8 Å². The number of sulfone groups is 1. The molecule has 4 aromatic rings. The van der Waals surface area contributed by atoms with Gasteiger partial charge in [0.15, 0.2) is 15.5 Å². The molecule has 36 heavy (non-hydrogen) atoms. The molecule has 0 aliphatic rings. The van der Waals surface area contributed by atoms with Crippen LogP contribution in [0.1, 0.15) is 21.6 Å². The molecule has 6 nitrogen and oxygen atoms in total. The first-order valence-electron chi connectivity index (χ1n) is 10.5. The van der Waals surface area contributed by atoms with Crippen LogP contribution in [0.2, 0.25) is 0 Å². The van der Waals surface area contributed by atoms with Gasteiger partial charge in [0.2, 0.25) is 0 Å². The van der Waals surface area contributed by atoms with Gasteiger partial charge in [0.25, 0.3) is 5.91 Å². The van der Waals surface area contributed by atoms with Crippen LogP contribution in [0.4, 0.5) is 17.6 Å². The molecular formula is C25H19F4N3O3S. The summed E-state index contributed by atoms with van der Waals surface area (Å²) in [4.78, 5) is 13.1. The number of hydrogen-bond donors (Lipinski definition) is 1. The highest BCUT2D eigenvalue weighted by Gasteiger charge is 2.34. The Balaban J connectivity index is 1.86. The smallest absolute Gasteiger partial charge is 0.326 e. The van der Waals surface area contributed by atoms with E-state index in [4.69, 9.17) is 5.73 Å². The third-order valence-corrected chi connectivity index (χ3v) is 6.63. The fourth-order valence-corrected chi connectivity index (χ4v) is 4.27. The van der Waals surface area contributed by atoms with Gasteiger partial charge in [0.1, 0.15) is 5.82 Å². The van der Waals surface area contributed by atoms with Gasteiger partial charge in [-0.2, -0.15) is 18.3 Å². The molecule has 0 unspecified atom stereocenters. The lowest BCUT2D eigenvalue weighted by Gasteiger charge is -2.13. The van der Waals surface area contributed by atoms with Crippen LogP contribution in [0.3, 0.4) is 0 Å².